The summed E-state index contributed by atoms with van der Waals surface area (Å²) >= 11 is 9.32. The largest absolute Gasteiger partial charge is 0.362 e. The van der Waals surface area contributed by atoms with Crippen molar-refractivity contribution in [2.45, 2.75) is 13.0 Å². The Hall–Kier alpha value is -2.32. The summed E-state index contributed by atoms with van der Waals surface area (Å²) in [4.78, 5) is 27.1. The van der Waals surface area contributed by atoms with Crippen molar-refractivity contribution < 1.29 is 9.72 Å². The van der Waals surface area contributed by atoms with Crippen LogP contribution in [-0.4, -0.2) is 42.0 Å². The Balaban J connectivity index is 1.61. The number of carbonyl (C=O) groups excluding carboxylic acids is 1. The maximum absolute atomic E-state index is 12.6. The van der Waals surface area contributed by atoms with E-state index in [1.807, 2.05) is 36.1 Å². The second-order valence-corrected chi connectivity index (χ2v) is 7.94. The minimum absolute atomic E-state index is 0.0197. The summed E-state index contributed by atoms with van der Waals surface area (Å²) in [6.07, 6.45) is 0. The second-order valence-electron chi connectivity index (χ2n) is 6.59. The molecule has 0 bridgehead atoms. The zero-order valence-corrected chi connectivity index (χ0v) is 17.6. The summed E-state index contributed by atoms with van der Waals surface area (Å²) in [5.41, 5.74) is 1.52. The first-order valence-corrected chi connectivity index (χ1v) is 10.0. The van der Waals surface area contributed by atoms with Crippen LogP contribution in [0.15, 0.2) is 46.9 Å². The standard InChI is InChI=1S/C19H20BrClN4O3/c1-13(14-3-2-4-15(20)11-14)22-19(26)24-9-7-23(8-10-24)17-6-5-16(21)12-18(17)25(27)28/h2-6,11-13H,7-10H2,1H3,(H,22,26). The van der Waals surface area contributed by atoms with Gasteiger partial charge in [-0.3, -0.25) is 10.1 Å². The predicted octanol–water partition coefficient (Wildman–Crippen LogP) is 4.60. The van der Waals surface area contributed by atoms with E-state index in [1.165, 1.54) is 6.07 Å². The molecule has 2 amide bonds. The molecule has 0 aliphatic carbocycles. The fraction of sp³-hybridized carbons (Fsp3) is 0.316. The molecule has 0 spiro atoms. The molecule has 1 aliphatic heterocycles. The molecule has 28 heavy (non-hydrogen) atoms. The molecule has 148 valence electrons. The van der Waals surface area contributed by atoms with Gasteiger partial charge in [0.25, 0.3) is 5.69 Å². The molecule has 0 aromatic heterocycles. The van der Waals surface area contributed by atoms with Crippen LogP contribution in [0.25, 0.3) is 0 Å². The van der Waals surface area contributed by atoms with Gasteiger partial charge in [0, 0.05) is 41.7 Å². The molecule has 1 unspecified atom stereocenters. The van der Waals surface area contributed by atoms with Crippen LogP contribution in [0, 0.1) is 10.1 Å². The normalized spacial score (nSPS) is 15.2. The SMILES string of the molecule is CC(NC(=O)N1CCN(c2ccc(Cl)cc2[N+](=O)[O-])CC1)c1cccc(Br)c1. The highest BCUT2D eigenvalue weighted by Crippen LogP contribution is 2.31. The van der Waals surface area contributed by atoms with Crippen LogP contribution in [0.1, 0.15) is 18.5 Å². The topological polar surface area (TPSA) is 78.7 Å². The van der Waals surface area contributed by atoms with Gasteiger partial charge in [-0.05, 0) is 36.8 Å². The number of nitro benzene ring substituents is 1. The zero-order valence-electron chi connectivity index (χ0n) is 15.3. The minimum atomic E-state index is -0.431. The fourth-order valence-electron chi connectivity index (χ4n) is 3.20. The van der Waals surface area contributed by atoms with Crippen LogP contribution >= 0.6 is 27.5 Å². The minimum Gasteiger partial charge on any atom is -0.362 e. The van der Waals surface area contributed by atoms with Crippen molar-refractivity contribution in [1.29, 1.82) is 0 Å². The van der Waals surface area contributed by atoms with Crippen molar-refractivity contribution in [3.05, 3.63) is 67.6 Å². The Morgan fingerprint density at radius 2 is 1.93 bits per heavy atom. The van der Waals surface area contributed by atoms with Crippen molar-refractivity contribution in [2.24, 2.45) is 0 Å². The maximum atomic E-state index is 12.6. The van der Waals surface area contributed by atoms with Crippen molar-refractivity contribution in [2.75, 3.05) is 31.1 Å². The molecule has 1 saturated heterocycles. The summed E-state index contributed by atoms with van der Waals surface area (Å²) in [5, 5.41) is 14.6. The van der Waals surface area contributed by atoms with Gasteiger partial charge >= 0.3 is 6.03 Å². The van der Waals surface area contributed by atoms with E-state index < -0.39 is 4.92 Å². The molecular weight excluding hydrogens is 448 g/mol. The van der Waals surface area contributed by atoms with Gasteiger partial charge in [0.15, 0.2) is 0 Å². The summed E-state index contributed by atoms with van der Waals surface area (Å²) in [6, 6.07) is 12.2. The lowest BCUT2D eigenvalue weighted by atomic mass is 10.1. The van der Waals surface area contributed by atoms with Gasteiger partial charge in [-0.15, -0.1) is 0 Å². The van der Waals surface area contributed by atoms with E-state index in [0.717, 1.165) is 10.0 Å². The third kappa shape index (κ3) is 4.74. The average Bonchev–Trinajstić information content (AvgIpc) is 2.68. The zero-order chi connectivity index (χ0) is 20.3. The Kier molecular flexibility index (Phi) is 6.41. The summed E-state index contributed by atoms with van der Waals surface area (Å²) in [5.74, 6) is 0. The Morgan fingerprint density at radius 3 is 2.57 bits per heavy atom. The number of benzene rings is 2. The van der Waals surface area contributed by atoms with Crippen LogP contribution in [0.5, 0.6) is 0 Å². The first-order valence-electron chi connectivity index (χ1n) is 8.85. The first-order chi connectivity index (χ1) is 13.3. The number of amides is 2. The number of rotatable bonds is 4. The number of hydrogen-bond donors (Lipinski definition) is 1. The molecule has 2 aromatic rings. The van der Waals surface area contributed by atoms with Crippen LogP contribution in [0.3, 0.4) is 0 Å². The quantitative estimate of drug-likeness (QED) is 0.526. The molecule has 0 saturated carbocycles. The highest BCUT2D eigenvalue weighted by Gasteiger charge is 2.26. The van der Waals surface area contributed by atoms with Gasteiger partial charge in [0.05, 0.1) is 11.0 Å². The van der Waals surface area contributed by atoms with Crippen molar-refractivity contribution in [1.82, 2.24) is 10.2 Å². The smallest absolute Gasteiger partial charge is 0.317 e. The number of urea groups is 1. The van der Waals surface area contributed by atoms with Crippen LogP contribution in [0.2, 0.25) is 5.02 Å². The molecule has 1 aliphatic rings. The predicted molar refractivity (Wildman–Crippen MR) is 113 cm³/mol. The number of nitro groups is 1. The summed E-state index contributed by atoms with van der Waals surface area (Å²) < 4.78 is 0.962. The highest BCUT2D eigenvalue weighted by atomic mass is 79.9. The fourth-order valence-corrected chi connectivity index (χ4v) is 3.78. The van der Waals surface area contributed by atoms with E-state index in [0.29, 0.717) is 36.9 Å². The molecule has 3 rings (SSSR count). The van der Waals surface area contributed by atoms with E-state index in [9.17, 15) is 14.9 Å². The molecular formula is C19H20BrClN4O3. The molecule has 1 N–H and O–H groups in total. The number of nitrogens with zero attached hydrogens (tertiary/aromatic N) is 3. The van der Waals surface area contributed by atoms with Crippen LogP contribution in [0.4, 0.5) is 16.2 Å². The summed E-state index contributed by atoms with van der Waals surface area (Å²) in [7, 11) is 0. The molecule has 7 nitrogen and oxygen atoms in total. The first kappa shape index (κ1) is 20.4. The van der Waals surface area contributed by atoms with Crippen LogP contribution in [-0.2, 0) is 0 Å². The number of anilines is 1. The Labute approximate surface area is 176 Å². The number of carbonyl (C=O) groups is 1. The highest BCUT2D eigenvalue weighted by molar-refractivity contribution is 9.10. The van der Waals surface area contributed by atoms with E-state index >= 15 is 0 Å². The average molecular weight is 468 g/mol. The lowest BCUT2D eigenvalue weighted by molar-refractivity contribution is -0.384. The third-order valence-corrected chi connectivity index (χ3v) is 5.46. The Bertz CT molecular complexity index is 887. The molecule has 2 aromatic carbocycles. The van der Waals surface area contributed by atoms with Gasteiger partial charge in [0.2, 0.25) is 0 Å². The van der Waals surface area contributed by atoms with E-state index in [-0.39, 0.29) is 17.8 Å². The van der Waals surface area contributed by atoms with E-state index in [2.05, 4.69) is 21.2 Å². The van der Waals surface area contributed by atoms with Crippen molar-refractivity contribution in [3.63, 3.8) is 0 Å². The van der Waals surface area contributed by atoms with Gasteiger partial charge < -0.3 is 15.1 Å². The van der Waals surface area contributed by atoms with Gasteiger partial charge in [-0.1, -0.05) is 39.7 Å². The number of hydrogen-bond acceptors (Lipinski definition) is 4. The maximum Gasteiger partial charge on any atom is 0.317 e. The van der Waals surface area contributed by atoms with Crippen molar-refractivity contribution >= 4 is 44.9 Å². The molecule has 1 heterocycles. The van der Waals surface area contributed by atoms with E-state index in [1.54, 1.807) is 17.0 Å². The molecule has 1 atom stereocenters. The molecule has 9 heteroatoms. The molecule has 1 fully saturated rings. The number of halogens is 2. The van der Waals surface area contributed by atoms with E-state index in [4.69, 9.17) is 11.6 Å². The van der Waals surface area contributed by atoms with Gasteiger partial charge in [-0.2, -0.15) is 0 Å². The Morgan fingerprint density at radius 1 is 1.21 bits per heavy atom. The summed E-state index contributed by atoms with van der Waals surface area (Å²) in [6.45, 7) is 3.93. The second kappa shape index (κ2) is 8.79. The number of piperazine rings is 1. The lowest BCUT2D eigenvalue weighted by Crippen LogP contribution is -2.52. The van der Waals surface area contributed by atoms with Gasteiger partial charge in [0.1, 0.15) is 5.69 Å². The third-order valence-electron chi connectivity index (χ3n) is 4.73. The van der Waals surface area contributed by atoms with Crippen molar-refractivity contribution in [3.8, 4) is 0 Å². The molecule has 0 radical (unpaired) electrons. The lowest BCUT2D eigenvalue weighted by Gasteiger charge is -2.36. The van der Waals surface area contributed by atoms with Gasteiger partial charge in [-0.25, -0.2) is 4.79 Å². The monoisotopic (exact) mass is 466 g/mol. The number of nitrogens with one attached hydrogen (secondary N) is 1. The van der Waals surface area contributed by atoms with Crippen LogP contribution < -0.4 is 10.2 Å².